The van der Waals surface area contributed by atoms with Gasteiger partial charge in [0.1, 0.15) is 6.33 Å². The van der Waals surface area contributed by atoms with Crippen LogP contribution in [0.4, 0.5) is 18.9 Å². The fraction of sp³-hybridized carbons (Fsp3) is 0.158. The van der Waals surface area contributed by atoms with E-state index in [1.807, 2.05) is 30.3 Å². The monoisotopic (exact) mass is 435 g/mol. The first kappa shape index (κ1) is 21.4. The van der Waals surface area contributed by atoms with Gasteiger partial charge >= 0.3 is 0 Å². The van der Waals surface area contributed by atoms with Crippen LogP contribution in [0.1, 0.15) is 6.92 Å². The van der Waals surface area contributed by atoms with Gasteiger partial charge in [-0.3, -0.25) is 9.59 Å². The highest BCUT2D eigenvalue weighted by molar-refractivity contribution is 8.00. The third-order valence-corrected chi connectivity index (χ3v) is 4.84. The third-order valence-electron chi connectivity index (χ3n) is 3.88. The average molecular weight is 435 g/mol. The maximum absolute atomic E-state index is 13.6. The zero-order chi connectivity index (χ0) is 21.7. The Morgan fingerprint density at radius 1 is 1.10 bits per heavy atom. The number of halogens is 3. The van der Waals surface area contributed by atoms with E-state index in [0.717, 1.165) is 23.5 Å². The van der Waals surface area contributed by atoms with Gasteiger partial charge in [-0.1, -0.05) is 30.0 Å². The van der Waals surface area contributed by atoms with Crippen LogP contribution in [0.15, 0.2) is 53.9 Å². The van der Waals surface area contributed by atoms with Crippen LogP contribution in [-0.2, 0) is 9.59 Å². The van der Waals surface area contributed by atoms with Crippen molar-refractivity contribution in [1.29, 1.82) is 0 Å². The van der Waals surface area contributed by atoms with Crippen molar-refractivity contribution < 1.29 is 22.8 Å². The maximum atomic E-state index is 13.6. The van der Waals surface area contributed by atoms with Gasteiger partial charge < -0.3 is 10.6 Å². The van der Waals surface area contributed by atoms with Gasteiger partial charge in [0.25, 0.3) is 0 Å². The van der Waals surface area contributed by atoms with Crippen LogP contribution in [0, 0.1) is 17.5 Å². The minimum Gasteiger partial charge on any atom is -0.346 e. The first-order valence-electron chi connectivity index (χ1n) is 8.70. The lowest BCUT2D eigenvalue weighted by Gasteiger charge is -2.11. The number of nitrogens with one attached hydrogen (secondary N) is 2. The quantitative estimate of drug-likeness (QED) is 0.440. The molecule has 3 aromatic rings. The number of carbonyl (C=O) groups excluding carboxylic acids is 2. The number of aromatic nitrogens is 3. The number of para-hydroxylation sites is 1. The Labute approximate surface area is 173 Å². The SMILES string of the molecule is C[C@H](Sc1ncn(-c2ccccc2)n1)C(=O)NCC(=O)Nc1ccc(F)c(F)c1F. The topological polar surface area (TPSA) is 88.9 Å². The number of hydrogen-bond donors (Lipinski definition) is 2. The molecule has 0 saturated heterocycles. The standard InChI is InChI=1S/C19H16F3N5O2S/c1-11(30-19-24-10-27(26-19)12-5-3-2-4-6-12)18(29)23-9-15(28)25-14-8-7-13(20)16(21)17(14)22/h2-8,10-11H,9H2,1H3,(H,23,29)(H,25,28)/t11-/m0/s1. The lowest BCUT2D eigenvalue weighted by molar-refractivity contribution is -0.123. The average Bonchev–Trinajstić information content (AvgIpc) is 3.21. The molecule has 0 saturated carbocycles. The molecule has 0 spiro atoms. The summed E-state index contributed by atoms with van der Waals surface area (Å²) >= 11 is 1.09. The predicted octanol–water partition coefficient (Wildman–Crippen LogP) is 2.92. The zero-order valence-electron chi connectivity index (χ0n) is 15.6. The Kier molecular flexibility index (Phi) is 6.72. The molecule has 156 valence electrons. The molecule has 2 N–H and O–H groups in total. The molecule has 0 aliphatic carbocycles. The number of anilines is 1. The van der Waals surface area contributed by atoms with Crippen LogP contribution in [0.25, 0.3) is 5.69 Å². The Morgan fingerprint density at radius 3 is 2.57 bits per heavy atom. The molecule has 0 aliphatic heterocycles. The maximum Gasteiger partial charge on any atom is 0.243 e. The van der Waals surface area contributed by atoms with Gasteiger partial charge in [0.2, 0.25) is 17.0 Å². The fourth-order valence-corrected chi connectivity index (χ4v) is 3.10. The second-order valence-electron chi connectivity index (χ2n) is 6.06. The third kappa shape index (κ3) is 5.17. The summed E-state index contributed by atoms with van der Waals surface area (Å²) in [5.41, 5.74) is 0.293. The van der Waals surface area contributed by atoms with Crippen molar-refractivity contribution in [1.82, 2.24) is 20.1 Å². The molecule has 11 heteroatoms. The number of hydrogen-bond acceptors (Lipinski definition) is 5. The summed E-state index contributed by atoms with van der Waals surface area (Å²) in [6.45, 7) is 1.13. The van der Waals surface area contributed by atoms with Crippen LogP contribution < -0.4 is 10.6 Å². The van der Waals surface area contributed by atoms with E-state index < -0.39 is 46.7 Å². The van der Waals surface area contributed by atoms with Gasteiger partial charge in [-0.15, -0.1) is 5.10 Å². The number of rotatable bonds is 7. The molecule has 1 heterocycles. The first-order valence-corrected chi connectivity index (χ1v) is 9.58. The zero-order valence-corrected chi connectivity index (χ0v) is 16.4. The van der Waals surface area contributed by atoms with Crippen LogP contribution in [0.5, 0.6) is 0 Å². The summed E-state index contributed by atoms with van der Waals surface area (Å²) in [6.07, 6.45) is 1.52. The van der Waals surface area contributed by atoms with E-state index in [2.05, 4.69) is 20.7 Å². The highest BCUT2D eigenvalue weighted by Gasteiger charge is 2.19. The smallest absolute Gasteiger partial charge is 0.243 e. The minimum atomic E-state index is -1.69. The van der Waals surface area contributed by atoms with Crippen LogP contribution in [0.3, 0.4) is 0 Å². The van der Waals surface area contributed by atoms with E-state index in [4.69, 9.17) is 0 Å². The predicted molar refractivity (Wildman–Crippen MR) is 105 cm³/mol. The normalized spacial score (nSPS) is 11.7. The molecule has 0 fully saturated rings. The van der Waals surface area contributed by atoms with Crippen molar-refractivity contribution in [3.8, 4) is 5.69 Å². The summed E-state index contributed by atoms with van der Waals surface area (Å²) in [7, 11) is 0. The summed E-state index contributed by atoms with van der Waals surface area (Å²) in [5.74, 6) is -5.84. The van der Waals surface area contributed by atoms with E-state index in [1.54, 1.807) is 11.6 Å². The molecule has 7 nitrogen and oxygen atoms in total. The summed E-state index contributed by atoms with van der Waals surface area (Å²) in [6, 6.07) is 10.9. The Morgan fingerprint density at radius 2 is 1.83 bits per heavy atom. The van der Waals surface area contributed by atoms with Crippen molar-refractivity contribution in [3.05, 3.63) is 66.2 Å². The summed E-state index contributed by atoms with van der Waals surface area (Å²) < 4.78 is 41.3. The van der Waals surface area contributed by atoms with E-state index >= 15 is 0 Å². The van der Waals surface area contributed by atoms with Gasteiger partial charge in [-0.25, -0.2) is 22.8 Å². The Balaban J connectivity index is 1.51. The molecular formula is C19H16F3N5O2S. The van der Waals surface area contributed by atoms with E-state index in [-0.39, 0.29) is 0 Å². The second-order valence-corrected chi connectivity index (χ2v) is 7.36. The van der Waals surface area contributed by atoms with Crippen molar-refractivity contribution in [2.24, 2.45) is 0 Å². The molecule has 0 unspecified atom stereocenters. The molecule has 0 bridgehead atoms. The molecule has 3 rings (SSSR count). The van der Waals surface area contributed by atoms with Gasteiger partial charge in [-0.05, 0) is 31.2 Å². The Bertz CT molecular complexity index is 1060. The van der Waals surface area contributed by atoms with Crippen molar-refractivity contribution in [3.63, 3.8) is 0 Å². The van der Waals surface area contributed by atoms with E-state index in [1.165, 1.54) is 6.33 Å². The van der Waals surface area contributed by atoms with Crippen LogP contribution >= 0.6 is 11.8 Å². The lowest BCUT2D eigenvalue weighted by Crippen LogP contribution is -2.37. The first-order chi connectivity index (χ1) is 14.3. The lowest BCUT2D eigenvalue weighted by atomic mass is 10.2. The molecule has 2 amide bonds. The molecular weight excluding hydrogens is 419 g/mol. The van der Waals surface area contributed by atoms with Gasteiger partial charge in [0.05, 0.1) is 23.2 Å². The number of amides is 2. The van der Waals surface area contributed by atoms with Crippen molar-refractivity contribution in [2.75, 3.05) is 11.9 Å². The largest absolute Gasteiger partial charge is 0.346 e. The Hall–Kier alpha value is -3.34. The fourth-order valence-electron chi connectivity index (χ4n) is 2.35. The number of nitrogens with zero attached hydrogens (tertiary/aromatic N) is 3. The summed E-state index contributed by atoms with van der Waals surface area (Å²) in [4.78, 5) is 28.2. The summed E-state index contributed by atoms with van der Waals surface area (Å²) in [5, 5.41) is 8.49. The highest BCUT2D eigenvalue weighted by atomic mass is 32.2. The highest BCUT2D eigenvalue weighted by Crippen LogP contribution is 2.21. The van der Waals surface area contributed by atoms with E-state index in [0.29, 0.717) is 11.2 Å². The van der Waals surface area contributed by atoms with E-state index in [9.17, 15) is 22.8 Å². The van der Waals surface area contributed by atoms with Crippen LogP contribution in [0.2, 0.25) is 0 Å². The van der Waals surface area contributed by atoms with Gasteiger partial charge in [-0.2, -0.15) is 0 Å². The number of thioether (sulfide) groups is 1. The van der Waals surface area contributed by atoms with Crippen molar-refractivity contribution in [2.45, 2.75) is 17.3 Å². The number of benzene rings is 2. The van der Waals surface area contributed by atoms with Gasteiger partial charge in [0, 0.05) is 0 Å². The second kappa shape index (κ2) is 9.44. The molecule has 30 heavy (non-hydrogen) atoms. The van der Waals surface area contributed by atoms with Crippen molar-refractivity contribution >= 4 is 29.3 Å². The molecule has 1 atom stereocenters. The minimum absolute atomic E-state index is 0.370. The molecule has 0 radical (unpaired) electrons. The molecule has 1 aromatic heterocycles. The molecule has 0 aliphatic rings. The van der Waals surface area contributed by atoms with Gasteiger partial charge in [0.15, 0.2) is 17.5 Å². The van der Waals surface area contributed by atoms with Crippen LogP contribution in [-0.4, -0.2) is 38.4 Å². The molecule has 2 aromatic carbocycles. The number of carbonyl (C=O) groups is 2.